The summed E-state index contributed by atoms with van der Waals surface area (Å²) in [6.45, 7) is 5.12. The molecule has 8 aromatic rings. The summed E-state index contributed by atoms with van der Waals surface area (Å²) in [5.41, 5.74) is 8.40. The Balaban J connectivity index is 1.30. The first-order valence-corrected chi connectivity index (χ1v) is 18.2. The van der Waals surface area contributed by atoms with E-state index >= 15 is 0 Å². The first kappa shape index (κ1) is 27.4. The fourth-order valence-electron chi connectivity index (χ4n) is 8.99. The molecule has 0 spiro atoms. The van der Waals surface area contributed by atoms with Crippen molar-refractivity contribution >= 4 is 89.1 Å². The summed E-state index contributed by atoms with van der Waals surface area (Å²) in [4.78, 5) is 2.74. The molecule has 47 heavy (non-hydrogen) atoms. The van der Waals surface area contributed by atoms with Crippen molar-refractivity contribution in [3.63, 3.8) is 0 Å². The molecule has 0 amide bonds. The molecule has 0 nitrogen and oxygen atoms in total. The monoisotopic (exact) mass is 636 g/mol. The highest BCUT2D eigenvalue weighted by Gasteiger charge is 2.49. The fraction of sp³-hybridized carbons (Fsp3) is 0.111. The molecule has 2 unspecified atom stereocenters. The maximum absolute atomic E-state index is 2.56. The smallest absolute Gasteiger partial charge is 0.0308 e. The van der Waals surface area contributed by atoms with Gasteiger partial charge < -0.3 is 0 Å². The Morgan fingerprint density at radius 1 is 0.447 bits per heavy atom. The summed E-state index contributed by atoms with van der Waals surface area (Å²) in [6.07, 6.45) is 5.02. The SMILES string of the molecule is CC(C)(C1C(c2cccs2)=Cc2ccc3ccc4ccccc4c3c21)C1C(c2cccs2)=Cc2ccc3ccc4ccccc4c3c21. The zero-order valence-corrected chi connectivity index (χ0v) is 28.0. The van der Waals surface area contributed by atoms with Gasteiger partial charge in [-0.2, -0.15) is 0 Å². The number of hydrogen-bond donors (Lipinski definition) is 0. The third-order valence-electron chi connectivity index (χ3n) is 10.9. The minimum absolute atomic E-state index is 0.182. The standard InChI is InChI=1S/C45H32S2/c1-45(2,43-35(37-13-7-23-46-37)25-31-21-19-29-17-15-27-9-3-5-11-33(27)39(29)41(31)43)44-36(38-14-8-24-47-38)26-32-22-20-30-18-16-28-10-4-6-12-34(28)40(30)42(32)44/h3-26,43-44H,1-2H3. The van der Waals surface area contributed by atoms with Crippen molar-refractivity contribution in [2.24, 2.45) is 5.41 Å². The van der Waals surface area contributed by atoms with Gasteiger partial charge in [0.25, 0.3) is 0 Å². The van der Waals surface area contributed by atoms with Crippen LogP contribution in [-0.2, 0) is 0 Å². The molecule has 0 N–H and O–H groups in total. The van der Waals surface area contributed by atoms with Gasteiger partial charge in [-0.25, -0.2) is 0 Å². The quantitative estimate of drug-likeness (QED) is 0.169. The summed E-state index contributed by atoms with van der Waals surface area (Å²) in [6, 6.07) is 45.6. The van der Waals surface area contributed by atoms with Crippen LogP contribution in [-0.4, -0.2) is 0 Å². The predicted molar refractivity (Wildman–Crippen MR) is 207 cm³/mol. The van der Waals surface area contributed by atoms with Crippen LogP contribution >= 0.6 is 22.7 Å². The molecule has 0 bridgehead atoms. The fourth-order valence-corrected chi connectivity index (χ4v) is 10.5. The van der Waals surface area contributed by atoms with E-state index in [2.05, 4.69) is 158 Å². The summed E-state index contributed by atoms with van der Waals surface area (Å²) in [7, 11) is 0. The molecule has 2 heteroatoms. The molecule has 0 radical (unpaired) electrons. The molecule has 0 fully saturated rings. The van der Waals surface area contributed by atoms with Crippen LogP contribution in [0.25, 0.3) is 66.4 Å². The van der Waals surface area contributed by atoms with Gasteiger partial charge in [0.15, 0.2) is 0 Å². The Morgan fingerprint density at radius 3 is 1.32 bits per heavy atom. The lowest BCUT2D eigenvalue weighted by molar-refractivity contribution is 0.307. The largest absolute Gasteiger partial charge is 0.144 e. The minimum atomic E-state index is -0.182. The molecule has 0 aliphatic heterocycles. The lowest BCUT2D eigenvalue weighted by atomic mass is 9.61. The first-order valence-electron chi connectivity index (χ1n) is 16.5. The molecule has 0 saturated heterocycles. The molecule has 6 aromatic carbocycles. The van der Waals surface area contributed by atoms with Gasteiger partial charge in [-0.05, 0) is 117 Å². The highest BCUT2D eigenvalue weighted by atomic mass is 32.1. The first-order chi connectivity index (χ1) is 23.1. The lowest BCUT2D eigenvalue weighted by Crippen LogP contribution is -2.30. The van der Waals surface area contributed by atoms with Gasteiger partial charge in [-0.15, -0.1) is 22.7 Å². The van der Waals surface area contributed by atoms with Crippen molar-refractivity contribution in [3.05, 3.63) is 164 Å². The number of hydrogen-bond acceptors (Lipinski definition) is 2. The van der Waals surface area contributed by atoms with E-state index in [1.165, 1.54) is 86.2 Å². The molecule has 224 valence electrons. The zero-order chi connectivity index (χ0) is 31.3. The molecule has 0 saturated carbocycles. The van der Waals surface area contributed by atoms with Gasteiger partial charge >= 0.3 is 0 Å². The second-order valence-electron chi connectivity index (χ2n) is 13.7. The van der Waals surface area contributed by atoms with Crippen LogP contribution < -0.4 is 0 Å². The van der Waals surface area contributed by atoms with Gasteiger partial charge in [-0.1, -0.05) is 123 Å². The van der Waals surface area contributed by atoms with Crippen molar-refractivity contribution < 1.29 is 0 Å². The molecule has 2 aliphatic rings. The van der Waals surface area contributed by atoms with Crippen molar-refractivity contribution in [2.75, 3.05) is 0 Å². The average molecular weight is 637 g/mol. The predicted octanol–water partition coefficient (Wildman–Crippen LogP) is 13.4. The van der Waals surface area contributed by atoms with Crippen molar-refractivity contribution in [1.29, 1.82) is 0 Å². The highest BCUT2D eigenvalue weighted by Crippen LogP contribution is 2.64. The molecule has 2 aliphatic carbocycles. The number of allylic oxidation sites excluding steroid dienone is 2. The maximum atomic E-state index is 2.56. The highest BCUT2D eigenvalue weighted by molar-refractivity contribution is 7.11. The Morgan fingerprint density at radius 2 is 0.872 bits per heavy atom. The second-order valence-corrected chi connectivity index (χ2v) is 15.6. The molecule has 2 aromatic heterocycles. The van der Waals surface area contributed by atoms with Gasteiger partial charge in [0.2, 0.25) is 0 Å². The molecular weight excluding hydrogens is 605 g/mol. The zero-order valence-electron chi connectivity index (χ0n) is 26.3. The van der Waals surface area contributed by atoms with Crippen LogP contribution in [0.15, 0.2) is 132 Å². The van der Waals surface area contributed by atoms with E-state index < -0.39 is 0 Å². The maximum Gasteiger partial charge on any atom is 0.0308 e. The van der Waals surface area contributed by atoms with Crippen molar-refractivity contribution in [1.82, 2.24) is 0 Å². The Bertz CT molecular complexity index is 2410. The van der Waals surface area contributed by atoms with E-state index in [9.17, 15) is 0 Å². The van der Waals surface area contributed by atoms with Gasteiger partial charge in [0.05, 0.1) is 0 Å². The van der Waals surface area contributed by atoms with E-state index in [0.29, 0.717) is 0 Å². The molecule has 2 atom stereocenters. The van der Waals surface area contributed by atoms with E-state index in [-0.39, 0.29) is 17.3 Å². The normalized spacial score (nSPS) is 17.4. The topological polar surface area (TPSA) is 0 Å². The number of benzene rings is 6. The van der Waals surface area contributed by atoms with E-state index in [0.717, 1.165) is 0 Å². The average Bonchev–Trinajstić information content (AvgIpc) is 3.93. The lowest BCUT2D eigenvalue weighted by Gasteiger charge is -2.42. The van der Waals surface area contributed by atoms with Crippen LogP contribution in [0.1, 0.15) is 57.7 Å². The molecule has 2 heterocycles. The van der Waals surface area contributed by atoms with Crippen LogP contribution in [0.2, 0.25) is 0 Å². The third kappa shape index (κ3) is 3.92. The number of rotatable bonds is 4. The molecule has 10 rings (SSSR count). The van der Waals surface area contributed by atoms with Crippen LogP contribution in [0.3, 0.4) is 0 Å². The third-order valence-corrected chi connectivity index (χ3v) is 12.7. The summed E-state index contributed by atoms with van der Waals surface area (Å²) >= 11 is 3.74. The van der Waals surface area contributed by atoms with E-state index in [1.54, 1.807) is 0 Å². The van der Waals surface area contributed by atoms with Crippen LogP contribution in [0, 0.1) is 5.41 Å². The Labute approximate surface area is 283 Å². The minimum Gasteiger partial charge on any atom is -0.144 e. The summed E-state index contributed by atoms with van der Waals surface area (Å²) < 4.78 is 0. The summed E-state index contributed by atoms with van der Waals surface area (Å²) in [5, 5.41) is 15.2. The van der Waals surface area contributed by atoms with Gasteiger partial charge in [0.1, 0.15) is 0 Å². The molecular formula is C45H32S2. The second kappa shape index (κ2) is 10.1. The van der Waals surface area contributed by atoms with Gasteiger partial charge in [-0.3, -0.25) is 0 Å². The summed E-state index contributed by atoms with van der Waals surface area (Å²) in [5.74, 6) is 0.380. The Hall–Kier alpha value is -4.76. The van der Waals surface area contributed by atoms with E-state index in [4.69, 9.17) is 0 Å². The van der Waals surface area contributed by atoms with Crippen LogP contribution in [0.4, 0.5) is 0 Å². The number of thiophene rings is 2. The van der Waals surface area contributed by atoms with Crippen LogP contribution in [0.5, 0.6) is 0 Å². The number of fused-ring (bicyclic) bond motifs is 10. The van der Waals surface area contributed by atoms with Crippen molar-refractivity contribution in [2.45, 2.75) is 25.7 Å². The Kier molecular flexibility index (Phi) is 5.89. The van der Waals surface area contributed by atoms with Gasteiger partial charge in [0, 0.05) is 21.6 Å². The van der Waals surface area contributed by atoms with E-state index in [1.807, 2.05) is 22.7 Å². The van der Waals surface area contributed by atoms with Crippen molar-refractivity contribution in [3.8, 4) is 0 Å².